The number of carbonyl (C=O) groups excluding carboxylic acids is 1. The van der Waals surface area contributed by atoms with E-state index in [1.807, 2.05) is 54.8 Å². The molecule has 0 radical (unpaired) electrons. The van der Waals surface area contributed by atoms with E-state index in [0.717, 1.165) is 21.8 Å². The fraction of sp³-hybridized carbons (Fsp3) is 0.167. The topological polar surface area (TPSA) is 54.9 Å². The Morgan fingerprint density at radius 1 is 1.17 bits per heavy atom. The third kappa shape index (κ3) is 4.02. The molecule has 0 aliphatic rings. The first-order valence-electron chi connectivity index (χ1n) is 7.41. The van der Waals surface area contributed by atoms with Crippen LogP contribution in [0.3, 0.4) is 0 Å². The molecule has 3 rings (SSSR count). The molecule has 0 saturated heterocycles. The molecule has 0 fully saturated rings. The Hall–Kier alpha value is -2.53. The summed E-state index contributed by atoms with van der Waals surface area (Å²) in [5, 5.41) is 5.88. The molecule has 116 valence electrons. The molecule has 2 aromatic heterocycles. The first kappa shape index (κ1) is 15.4. The number of hydrogen-bond acceptors (Lipinski definition) is 4. The summed E-state index contributed by atoms with van der Waals surface area (Å²) in [5.41, 5.74) is 2.92. The highest BCUT2D eigenvalue weighted by atomic mass is 32.1. The van der Waals surface area contributed by atoms with Crippen LogP contribution in [0.4, 0.5) is 0 Å². The van der Waals surface area contributed by atoms with Crippen molar-refractivity contribution >= 4 is 17.2 Å². The highest BCUT2D eigenvalue weighted by Gasteiger charge is 2.12. The Bertz CT molecular complexity index is 771. The third-order valence-corrected chi connectivity index (χ3v) is 4.44. The van der Waals surface area contributed by atoms with Gasteiger partial charge in [0.25, 0.3) is 0 Å². The number of hydrogen-bond donors (Lipinski definition) is 1. The van der Waals surface area contributed by atoms with Crippen LogP contribution >= 0.6 is 11.3 Å². The van der Waals surface area contributed by atoms with Crippen LogP contribution in [0, 0.1) is 0 Å². The minimum Gasteiger partial charge on any atom is -0.349 e. The van der Waals surface area contributed by atoms with E-state index in [-0.39, 0.29) is 11.9 Å². The van der Waals surface area contributed by atoms with Gasteiger partial charge in [0.1, 0.15) is 5.01 Å². The van der Waals surface area contributed by atoms with E-state index < -0.39 is 0 Å². The van der Waals surface area contributed by atoms with Gasteiger partial charge in [-0.2, -0.15) is 0 Å². The molecule has 0 aliphatic carbocycles. The molecule has 4 nitrogen and oxygen atoms in total. The number of rotatable bonds is 5. The number of carbonyl (C=O) groups is 1. The van der Waals surface area contributed by atoms with Gasteiger partial charge >= 0.3 is 0 Å². The maximum absolute atomic E-state index is 12.2. The molecule has 5 heteroatoms. The van der Waals surface area contributed by atoms with Crippen molar-refractivity contribution in [3.05, 3.63) is 71.5 Å². The lowest BCUT2D eigenvalue weighted by Gasteiger charge is -2.13. The molecule has 1 atom stereocenters. The zero-order chi connectivity index (χ0) is 16.1. The van der Waals surface area contributed by atoms with Gasteiger partial charge in [-0.05, 0) is 24.6 Å². The number of pyridine rings is 1. The van der Waals surface area contributed by atoms with Crippen LogP contribution < -0.4 is 5.32 Å². The van der Waals surface area contributed by atoms with E-state index in [1.54, 1.807) is 23.7 Å². The summed E-state index contributed by atoms with van der Waals surface area (Å²) in [6, 6.07) is 13.8. The number of aromatic nitrogens is 2. The van der Waals surface area contributed by atoms with Gasteiger partial charge in [-0.1, -0.05) is 30.3 Å². The van der Waals surface area contributed by atoms with Crippen molar-refractivity contribution in [3.8, 4) is 10.6 Å². The van der Waals surface area contributed by atoms with Crippen molar-refractivity contribution < 1.29 is 4.79 Å². The van der Waals surface area contributed by atoms with E-state index in [1.165, 1.54) is 0 Å². The van der Waals surface area contributed by atoms with Crippen LogP contribution in [0.2, 0.25) is 0 Å². The Morgan fingerprint density at radius 2 is 1.91 bits per heavy atom. The molecule has 1 unspecified atom stereocenters. The van der Waals surface area contributed by atoms with E-state index in [0.29, 0.717) is 6.42 Å². The number of thiazole rings is 1. The van der Waals surface area contributed by atoms with Gasteiger partial charge in [0.2, 0.25) is 5.91 Å². The molecule has 0 spiro atoms. The minimum atomic E-state index is -0.0438. The second-order valence-electron chi connectivity index (χ2n) is 5.26. The van der Waals surface area contributed by atoms with E-state index in [9.17, 15) is 4.79 Å². The summed E-state index contributed by atoms with van der Waals surface area (Å²) in [6.45, 7) is 1.96. The number of amides is 1. The Kier molecular flexibility index (Phi) is 4.78. The van der Waals surface area contributed by atoms with Gasteiger partial charge in [0.05, 0.1) is 18.2 Å². The lowest BCUT2D eigenvalue weighted by Crippen LogP contribution is -2.28. The minimum absolute atomic E-state index is 0.0285. The monoisotopic (exact) mass is 323 g/mol. The predicted molar refractivity (Wildman–Crippen MR) is 92.0 cm³/mol. The lowest BCUT2D eigenvalue weighted by atomic mass is 10.1. The summed E-state index contributed by atoms with van der Waals surface area (Å²) in [7, 11) is 0. The van der Waals surface area contributed by atoms with Crippen molar-refractivity contribution in [1.29, 1.82) is 0 Å². The summed E-state index contributed by atoms with van der Waals surface area (Å²) in [6.07, 6.45) is 3.74. The number of nitrogens with zero attached hydrogens (tertiary/aromatic N) is 2. The summed E-state index contributed by atoms with van der Waals surface area (Å²) in [4.78, 5) is 20.7. The lowest BCUT2D eigenvalue weighted by molar-refractivity contribution is -0.121. The molecule has 2 heterocycles. The van der Waals surface area contributed by atoms with E-state index in [2.05, 4.69) is 15.3 Å². The quantitative estimate of drug-likeness (QED) is 0.780. The summed E-state index contributed by atoms with van der Waals surface area (Å²) in [5.74, 6) is -0.0285. The smallest absolute Gasteiger partial charge is 0.226 e. The molecule has 0 bridgehead atoms. The van der Waals surface area contributed by atoms with Gasteiger partial charge in [-0.25, -0.2) is 4.98 Å². The van der Waals surface area contributed by atoms with Crippen molar-refractivity contribution in [1.82, 2.24) is 15.3 Å². The fourth-order valence-electron chi connectivity index (χ4n) is 2.29. The average Bonchev–Trinajstić information content (AvgIpc) is 3.04. The molecule has 3 aromatic rings. The fourth-order valence-corrected chi connectivity index (χ4v) is 3.12. The van der Waals surface area contributed by atoms with Crippen molar-refractivity contribution in [2.45, 2.75) is 19.4 Å². The highest BCUT2D eigenvalue weighted by Crippen LogP contribution is 2.23. The van der Waals surface area contributed by atoms with Gasteiger partial charge in [-0.15, -0.1) is 11.3 Å². The van der Waals surface area contributed by atoms with Gasteiger partial charge < -0.3 is 5.32 Å². The second-order valence-corrected chi connectivity index (χ2v) is 6.11. The Labute approximate surface area is 139 Å². The molecule has 1 N–H and O–H groups in total. The highest BCUT2D eigenvalue weighted by molar-refractivity contribution is 7.13. The largest absolute Gasteiger partial charge is 0.349 e. The first-order valence-corrected chi connectivity index (χ1v) is 8.29. The second kappa shape index (κ2) is 7.15. The zero-order valence-corrected chi connectivity index (χ0v) is 13.6. The molecule has 0 aliphatic heterocycles. The van der Waals surface area contributed by atoms with E-state index >= 15 is 0 Å². The van der Waals surface area contributed by atoms with Crippen LogP contribution in [0.1, 0.15) is 24.2 Å². The molecular formula is C18H17N3OS. The van der Waals surface area contributed by atoms with Crippen LogP contribution in [0.15, 0.2) is 60.2 Å². The zero-order valence-electron chi connectivity index (χ0n) is 12.8. The molecule has 23 heavy (non-hydrogen) atoms. The van der Waals surface area contributed by atoms with Crippen LogP contribution in [-0.4, -0.2) is 15.9 Å². The van der Waals surface area contributed by atoms with Crippen LogP contribution in [0.5, 0.6) is 0 Å². The first-order chi connectivity index (χ1) is 11.2. The summed E-state index contributed by atoms with van der Waals surface area (Å²) >= 11 is 1.56. The summed E-state index contributed by atoms with van der Waals surface area (Å²) < 4.78 is 0. The maximum atomic E-state index is 12.2. The van der Waals surface area contributed by atoms with Gasteiger partial charge in [0.15, 0.2) is 0 Å². The molecule has 1 amide bonds. The Balaban J connectivity index is 1.61. The standard InChI is InChI=1S/C18H17N3OS/c1-13(14-7-9-19-10-8-14)20-17(22)11-16-12-23-18(21-16)15-5-3-2-4-6-15/h2-10,12-13H,11H2,1H3,(H,20,22). The van der Waals surface area contributed by atoms with Crippen molar-refractivity contribution in [2.75, 3.05) is 0 Å². The van der Waals surface area contributed by atoms with Crippen molar-refractivity contribution in [2.24, 2.45) is 0 Å². The molecule has 0 saturated carbocycles. The predicted octanol–water partition coefficient (Wildman–Crippen LogP) is 3.63. The Morgan fingerprint density at radius 3 is 2.65 bits per heavy atom. The molecule has 1 aromatic carbocycles. The van der Waals surface area contributed by atoms with Crippen LogP contribution in [0.25, 0.3) is 10.6 Å². The molecular weight excluding hydrogens is 306 g/mol. The maximum Gasteiger partial charge on any atom is 0.226 e. The number of nitrogens with one attached hydrogen (secondary N) is 1. The third-order valence-electron chi connectivity index (χ3n) is 3.50. The van der Waals surface area contributed by atoms with Gasteiger partial charge in [0, 0.05) is 23.3 Å². The van der Waals surface area contributed by atoms with Crippen molar-refractivity contribution in [3.63, 3.8) is 0 Å². The van der Waals surface area contributed by atoms with E-state index in [4.69, 9.17) is 0 Å². The van der Waals surface area contributed by atoms with Crippen LogP contribution in [-0.2, 0) is 11.2 Å². The van der Waals surface area contributed by atoms with Gasteiger partial charge in [-0.3, -0.25) is 9.78 Å². The normalized spacial score (nSPS) is 11.9. The average molecular weight is 323 g/mol. The SMILES string of the molecule is CC(NC(=O)Cc1csc(-c2ccccc2)n1)c1ccncc1. The number of benzene rings is 1.